The number of hydrogen-bond acceptors (Lipinski definition) is 2. The van der Waals surface area contributed by atoms with Crippen LogP contribution >= 0.6 is 0 Å². The first-order valence-corrected chi connectivity index (χ1v) is 7.55. The Kier molecular flexibility index (Phi) is 4.94. The molecule has 0 aliphatic carbocycles. The quantitative estimate of drug-likeness (QED) is 0.377. The summed E-state index contributed by atoms with van der Waals surface area (Å²) in [4.78, 5) is 5.00. The van der Waals surface area contributed by atoms with E-state index in [0.717, 1.165) is 6.61 Å². The lowest BCUT2D eigenvalue weighted by atomic mass is 10.5. The summed E-state index contributed by atoms with van der Waals surface area (Å²) in [5.41, 5.74) is 2.67. The molecule has 0 heterocycles. The zero-order valence-electron chi connectivity index (χ0n) is 7.53. The van der Waals surface area contributed by atoms with Gasteiger partial charge in [0, 0.05) is 15.1 Å². The Morgan fingerprint density at radius 1 is 1.30 bits per heavy atom. The molecule has 0 aromatic heterocycles. The van der Waals surface area contributed by atoms with Crippen LogP contribution in [0.5, 0.6) is 0 Å². The first-order valence-electron chi connectivity index (χ1n) is 3.85. The summed E-state index contributed by atoms with van der Waals surface area (Å²) < 4.78 is 0. The van der Waals surface area contributed by atoms with Gasteiger partial charge < -0.3 is 4.84 Å². The van der Waals surface area contributed by atoms with E-state index in [4.69, 9.17) is 4.84 Å². The highest BCUT2D eigenvalue weighted by atomic mass is 28.3. The van der Waals surface area contributed by atoms with E-state index in [0.29, 0.717) is 0 Å². The lowest BCUT2D eigenvalue weighted by Crippen LogP contribution is -2.20. The highest BCUT2D eigenvalue weighted by Crippen LogP contribution is 2.10. The van der Waals surface area contributed by atoms with Gasteiger partial charge in [-0.25, -0.2) is 5.48 Å². The van der Waals surface area contributed by atoms with Gasteiger partial charge in [-0.2, -0.15) is 0 Å². The summed E-state index contributed by atoms with van der Waals surface area (Å²) in [6, 6.07) is 1.36. The summed E-state index contributed by atoms with van der Waals surface area (Å²) in [5.74, 6) is 0. The maximum absolute atomic E-state index is 5.00. The van der Waals surface area contributed by atoms with Crippen molar-refractivity contribution in [3.63, 3.8) is 0 Å². The summed E-state index contributed by atoms with van der Waals surface area (Å²) >= 11 is 0. The van der Waals surface area contributed by atoms with Gasteiger partial charge >= 0.3 is 0 Å². The highest BCUT2D eigenvalue weighted by Gasteiger charge is 2.11. The van der Waals surface area contributed by atoms with Crippen LogP contribution in [0.15, 0.2) is 0 Å². The van der Waals surface area contributed by atoms with Gasteiger partial charge in [-0.15, -0.1) is 0 Å². The van der Waals surface area contributed by atoms with E-state index in [1.165, 1.54) is 12.5 Å². The van der Waals surface area contributed by atoms with E-state index in [1.54, 1.807) is 7.05 Å². The van der Waals surface area contributed by atoms with Gasteiger partial charge in [-0.3, -0.25) is 0 Å². The second-order valence-electron chi connectivity index (χ2n) is 3.72. The monoisotopic (exact) mass is 161 g/mol. The molecule has 0 amide bonds. The number of nitrogens with one attached hydrogen (secondary N) is 1. The van der Waals surface area contributed by atoms with Crippen LogP contribution in [0, 0.1) is 0 Å². The molecule has 10 heavy (non-hydrogen) atoms. The zero-order valence-corrected chi connectivity index (χ0v) is 8.53. The molecule has 0 spiro atoms. The van der Waals surface area contributed by atoms with Gasteiger partial charge in [0.15, 0.2) is 0 Å². The van der Waals surface area contributed by atoms with Crippen molar-refractivity contribution in [3.05, 3.63) is 0 Å². The SMILES string of the molecule is CNOCCC[Si](C)(C)C. The number of rotatable bonds is 5. The first kappa shape index (κ1) is 10.1. The van der Waals surface area contributed by atoms with Gasteiger partial charge in [0.25, 0.3) is 0 Å². The lowest BCUT2D eigenvalue weighted by Gasteiger charge is -2.14. The van der Waals surface area contributed by atoms with Crippen LogP contribution in [0.25, 0.3) is 0 Å². The molecule has 1 N–H and O–H groups in total. The van der Waals surface area contributed by atoms with Crippen molar-refractivity contribution in [2.24, 2.45) is 0 Å². The molecule has 0 aromatic rings. The fraction of sp³-hybridized carbons (Fsp3) is 1.00. The first-order chi connectivity index (χ1) is 4.56. The second-order valence-corrected chi connectivity index (χ2v) is 9.34. The molecule has 0 radical (unpaired) electrons. The van der Waals surface area contributed by atoms with E-state index in [-0.39, 0.29) is 0 Å². The maximum Gasteiger partial charge on any atom is 0.0679 e. The molecule has 0 saturated heterocycles. The molecule has 62 valence electrons. The summed E-state index contributed by atoms with van der Waals surface area (Å²) in [6.07, 6.45) is 1.19. The molecular formula is C7H19NOSi. The fourth-order valence-corrected chi connectivity index (χ4v) is 1.98. The molecule has 0 bridgehead atoms. The summed E-state index contributed by atoms with van der Waals surface area (Å²) in [7, 11) is 0.985. The van der Waals surface area contributed by atoms with Gasteiger partial charge in [0.05, 0.1) is 6.61 Å². The van der Waals surface area contributed by atoms with Crippen LogP contribution < -0.4 is 5.48 Å². The van der Waals surface area contributed by atoms with Crippen molar-refractivity contribution < 1.29 is 4.84 Å². The Labute approximate surface area is 64.9 Å². The van der Waals surface area contributed by atoms with Crippen molar-refractivity contribution in [1.82, 2.24) is 5.48 Å². The number of hydroxylamine groups is 1. The second kappa shape index (κ2) is 4.88. The minimum absolute atomic E-state index is 0.815. The third-order valence-electron chi connectivity index (χ3n) is 1.32. The predicted molar refractivity (Wildman–Crippen MR) is 47.8 cm³/mol. The van der Waals surface area contributed by atoms with Crippen LogP contribution in [-0.4, -0.2) is 21.7 Å². The minimum Gasteiger partial charge on any atom is -0.302 e. The van der Waals surface area contributed by atoms with Crippen LogP contribution in [0.2, 0.25) is 25.7 Å². The molecule has 0 aliphatic rings. The Bertz CT molecular complexity index is 80.2. The molecule has 3 heteroatoms. The highest BCUT2D eigenvalue weighted by molar-refractivity contribution is 6.76. The van der Waals surface area contributed by atoms with Gasteiger partial charge in [-0.05, 0) is 6.42 Å². The van der Waals surface area contributed by atoms with E-state index in [2.05, 4.69) is 25.1 Å². The van der Waals surface area contributed by atoms with E-state index >= 15 is 0 Å². The predicted octanol–water partition coefficient (Wildman–Crippen LogP) is 1.87. The van der Waals surface area contributed by atoms with Crippen molar-refractivity contribution >= 4 is 8.07 Å². The molecule has 0 rings (SSSR count). The van der Waals surface area contributed by atoms with Crippen LogP contribution in [-0.2, 0) is 4.84 Å². The van der Waals surface area contributed by atoms with E-state index in [1.807, 2.05) is 0 Å². The van der Waals surface area contributed by atoms with Crippen LogP contribution in [0.4, 0.5) is 0 Å². The molecule has 0 atom stereocenters. The third-order valence-corrected chi connectivity index (χ3v) is 3.17. The molecule has 0 aromatic carbocycles. The maximum atomic E-state index is 5.00. The summed E-state index contributed by atoms with van der Waals surface area (Å²) in [5, 5.41) is 0. The van der Waals surface area contributed by atoms with Crippen molar-refractivity contribution in [1.29, 1.82) is 0 Å². The number of hydrogen-bond donors (Lipinski definition) is 1. The molecule has 2 nitrogen and oxygen atoms in total. The Morgan fingerprint density at radius 2 is 1.90 bits per heavy atom. The fourth-order valence-electron chi connectivity index (χ4n) is 0.777. The molecule has 0 unspecified atom stereocenters. The Hall–Kier alpha value is 0.137. The Morgan fingerprint density at radius 3 is 2.30 bits per heavy atom. The topological polar surface area (TPSA) is 21.3 Å². The van der Waals surface area contributed by atoms with Crippen LogP contribution in [0.3, 0.4) is 0 Å². The largest absolute Gasteiger partial charge is 0.302 e. The smallest absolute Gasteiger partial charge is 0.0679 e. The van der Waals surface area contributed by atoms with Gasteiger partial charge in [0.2, 0.25) is 0 Å². The lowest BCUT2D eigenvalue weighted by molar-refractivity contribution is 0.0584. The standard InChI is InChI=1S/C7H19NOSi/c1-8-9-6-5-7-10(2,3)4/h8H,5-7H2,1-4H3. The van der Waals surface area contributed by atoms with Crippen molar-refractivity contribution in [2.45, 2.75) is 32.1 Å². The van der Waals surface area contributed by atoms with Crippen molar-refractivity contribution in [2.75, 3.05) is 13.7 Å². The average Bonchev–Trinajstić information content (AvgIpc) is 1.78. The third kappa shape index (κ3) is 8.14. The molecular weight excluding hydrogens is 142 g/mol. The normalized spacial score (nSPS) is 12.0. The Balaban J connectivity index is 3.04. The van der Waals surface area contributed by atoms with Crippen LogP contribution in [0.1, 0.15) is 6.42 Å². The van der Waals surface area contributed by atoms with E-state index in [9.17, 15) is 0 Å². The van der Waals surface area contributed by atoms with Gasteiger partial charge in [-0.1, -0.05) is 25.7 Å². The zero-order chi connectivity index (χ0) is 8.04. The summed E-state index contributed by atoms with van der Waals surface area (Å²) in [6.45, 7) is 7.99. The van der Waals surface area contributed by atoms with Gasteiger partial charge in [0.1, 0.15) is 0 Å². The minimum atomic E-state index is -0.815. The van der Waals surface area contributed by atoms with Crippen molar-refractivity contribution in [3.8, 4) is 0 Å². The molecule has 0 aliphatic heterocycles. The van der Waals surface area contributed by atoms with E-state index < -0.39 is 8.07 Å². The average molecular weight is 161 g/mol. The molecule has 0 fully saturated rings. The molecule has 0 saturated carbocycles.